The Morgan fingerprint density at radius 3 is 2.59 bits per heavy atom. The van der Waals surface area contributed by atoms with Crippen molar-refractivity contribution in [1.29, 1.82) is 0 Å². The number of aromatic nitrogens is 5. The number of hydrogen-bond donors (Lipinski definition) is 0. The van der Waals surface area contributed by atoms with Crippen LogP contribution in [-0.2, 0) is 4.74 Å². The molecule has 4 aromatic rings. The van der Waals surface area contributed by atoms with Gasteiger partial charge in [0, 0.05) is 47.6 Å². The molecule has 0 N–H and O–H groups in total. The Labute approximate surface area is 197 Å². The zero-order chi connectivity index (χ0) is 23.7. The summed E-state index contributed by atoms with van der Waals surface area (Å²) in [5, 5.41) is 4.75. The monoisotopic (exact) mass is 463 g/mol. The van der Waals surface area contributed by atoms with Gasteiger partial charge >= 0.3 is 0 Å². The minimum Gasteiger partial charge on any atom is -0.378 e. The minimum absolute atomic E-state index is 0.129. The van der Waals surface area contributed by atoms with Crippen molar-refractivity contribution < 1.29 is 13.5 Å². The number of pyridine rings is 1. The summed E-state index contributed by atoms with van der Waals surface area (Å²) >= 11 is 0. The fourth-order valence-corrected chi connectivity index (χ4v) is 4.26. The van der Waals surface area contributed by atoms with Crippen LogP contribution in [0, 0.1) is 18.6 Å². The van der Waals surface area contributed by atoms with E-state index < -0.39 is 11.6 Å². The van der Waals surface area contributed by atoms with E-state index in [0.717, 1.165) is 30.6 Å². The van der Waals surface area contributed by atoms with E-state index in [9.17, 15) is 8.78 Å². The van der Waals surface area contributed by atoms with Gasteiger partial charge in [0.2, 0.25) is 0 Å². The molecule has 2 atom stereocenters. The van der Waals surface area contributed by atoms with Crippen molar-refractivity contribution in [2.75, 3.05) is 6.61 Å². The minimum atomic E-state index is -0.642. The van der Waals surface area contributed by atoms with Gasteiger partial charge in [0.15, 0.2) is 5.65 Å². The summed E-state index contributed by atoms with van der Waals surface area (Å²) in [6.07, 6.45) is 8.25. The van der Waals surface area contributed by atoms with Gasteiger partial charge in [0.25, 0.3) is 0 Å². The average molecular weight is 464 g/mol. The second-order valence-electron chi connectivity index (χ2n) is 9.00. The number of halogens is 2. The summed E-state index contributed by atoms with van der Waals surface area (Å²) in [5.74, 6) is -0.480. The van der Waals surface area contributed by atoms with Gasteiger partial charge in [-0.1, -0.05) is 0 Å². The zero-order valence-corrected chi connectivity index (χ0v) is 19.3. The third-order valence-electron chi connectivity index (χ3n) is 6.20. The lowest BCUT2D eigenvalue weighted by atomic mass is 9.95. The van der Waals surface area contributed by atoms with Crippen LogP contribution < -0.4 is 0 Å². The molecule has 1 saturated carbocycles. The highest BCUT2D eigenvalue weighted by atomic mass is 19.1. The largest absolute Gasteiger partial charge is 0.378 e. The summed E-state index contributed by atoms with van der Waals surface area (Å²) in [6.45, 7) is 4.56. The van der Waals surface area contributed by atoms with Crippen LogP contribution in [0.25, 0.3) is 22.3 Å². The van der Waals surface area contributed by atoms with Crippen LogP contribution in [0.5, 0.6) is 0 Å². The van der Waals surface area contributed by atoms with Gasteiger partial charge in [-0.05, 0) is 69.9 Å². The molecule has 1 aliphatic carbocycles. The van der Waals surface area contributed by atoms with Crippen molar-refractivity contribution in [3.8, 4) is 11.3 Å². The van der Waals surface area contributed by atoms with Crippen LogP contribution in [0.4, 0.5) is 8.78 Å². The van der Waals surface area contributed by atoms with Gasteiger partial charge < -0.3 is 4.74 Å². The van der Waals surface area contributed by atoms with Crippen LogP contribution in [0.3, 0.4) is 0 Å². The van der Waals surface area contributed by atoms with Crippen LogP contribution >= 0.6 is 0 Å². The summed E-state index contributed by atoms with van der Waals surface area (Å²) < 4.78 is 35.4. The Kier molecular flexibility index (Phi) is 6.32. The summed E-state index contributed by atoms with van der Waals surface area (Å²) in [5.41, 5.74) is 2.07. The molecule has 2 fully saturated rings. The van der Waals surface area contributed by atoms with E-state index in [1.165, 1.54) is 25.0 Å². The normalized spacial score (nSPS) is 20.1. The Hall–Kier alpha value is -3.26. The number of benzene rings is 1. The summed E-state index contributed by atoms with van der Waals surface area (Å²) in [4.78, 5) is 13.8. The first-order valence-corrected chi connectivity index (χ1v) is 11.7. The third-order valence-corrected chi connectivity index (χ3v) is 6.20. The highest BCUT2D eigenvalue weighted by Gasteiger charge is 2.25. The number of ether oxygens (including phenoxy) is 1. The van der Waals surface area contributed by atoms with Crippen LogP contribution in [0.1, 0.15) is 56.1 Å². The number of hydrogen-bond acceptors (Lipinski definition) is 5. The van der Waals surface area contributed by atoms with E-state index in [0.29, 0.717) is 29.2 Å². The van der Waals surface area contributed by atoms with Gasteiger partial charge in [-0.2, -0.15) is 5.10 Å². The van der Waals surface area contributed by atoms with Gasteiger partial charge in [0.1, 0.15) is 17.5 Å². The number of aryl methyl sites for hydroxylation is 1. The summed E-state index contributed by atoms with van der Waals surface area (Å²) in [6, 6.07) is 9.93. The van der Waals surface area contributed by atoms with E-state index >= 15 is 0 Å². The van der Waals surface area contributed by atoms with E-state index in [1.54, 1.807) is 0 Å². The second-order valence-corrected chi connectivity index (χ2v) is 9.00. The van der Waals surface area contributed by atoms with Crippen molar-refractivity contribution in [3.63, 3.8) is 0 Å². The molecule has 176 valence electrons. The highest BCUT2D eigenvalue weighted by molar-refractivity contribution is 5.90. The molecule has 0 unspecified atom stereocenters. The predicted molar refractivity (Wildman–Crippen MR) is 125 cm³/mol. The molecule has 0 spiro atoms. The second kappa shape index (κ2) is 9.54. The fraction of sp³-hybridized carbons (Fsp3) is 0.385. The van der Waals surface area contributed by atoms with Gasteiger partial charge in [-0.25, -0.2) is 23.7 Å². The quantitative estimate of drug-likeness (QED) is 0.385. The average Bonchev–Trinajstić information content (AvgIpc) is 3.52. The lowest BCUT2D eigenvalue weighted by Gasteiger charge is -2.26. The van der Waals surface area contributed by atoms with E-state index in [-0.39, 0.29) is 17.6 Å². The first kappa shape index (κ1) is 22.5. The SMILES string of the molecule is Cc1ccc2c(-c3ccc(F)cc3F)nc([C@H]3CCO[C@@H](C)C3)nc2n1.c1cnn(C2CC2)c1. The molecule has 4 heterocycles. The molecule has 2 aliphatic rings. The zero-order valence-electron chi connectivity index (χ0n) is 19.3. The van der Waals surface area contributed by atoms with E-state index in [2.05, 4.69) is 20.1 Å². The molecule has 1 saturated heterocycles. The van der Waals surface area contributed by atoms with Crippen LogP contribution in [-0.4, -0.2) is 37.4 Å². The maximum atomic E-state index is 14.4. The van der Waals surface area contributed by atoms with E-state index in [4.69, 9.17) is 4.74 Å². The Morgan fingerprint density at radius 1 is 1.03 bits per heavy atom. The highest BCUT2D eigenvalue weighted by Crippen LogP contribution is 2.34. The third kappa shape index (κ3) is 4.97. The van der Waals surface area contributed by atoms with Crippen molar-refractivity contribution in [2.24, 2.45) is 0 Å². The van der Waals surface area contributed by atoms with Crippen molar-refractivity contribution >= 4 is 11.0 Å². The van der Waals surface area contributed by atoms with Gasteiger partial charge in [-0.15, -0.1) is 0 Å². The topological polar surface area (TPSA) is 65.7 Å². The van der Waals surface area contributed by atoms with Gasteiger partial charge in [-0.3, -0.25) is 4.68 Å². The first-order valence-electron chi connectivity index (χ1n) is 11.7. The maximum absolute atomic E-state index is 14.4. The molecule has 3 aromatic heterocycles. The van der Waals surface area contributed by atoms with E-state index in [1.807, 2.05) is 49.1 Å². The lowest BCUT2D eigenvalue weighted by Crippen LogP contribution is -2.23. The van der Waals surface area contributed by atoms with Crippen molar-refractivity contribution in [2.45, 2.75) is 57.6 Å². The molecular weight excluding hydrogens is 436 g/mol. The van der Waals surface area contributed by atoms with Crippen LogP contribution in [0.15, 0.2) is 48.8 Å². The first-order chi connectivity index (χ1) is 16.5. The van der Waals surface area contributed by atoms with Crippen molar-refractivity contribution in [1.82, 2.24) is 24.7 Å². The molecule has 6 rings (SSSR count). The molecule has 0 radical (unpaired) electrons. The Bertz CT molecular complexity index is 1290. The molecule has 8 heteroatoms. The standard InChI is InChI=1S/C20H19F2N3O.C6H8N2/c1-11-3-5-16-18(15-6-4-14(21)10-17(15)22)24-19(25-20(16)23-11)13-7-8-26-12(2)9-13;1-4-7-8(5-1)6-2-3-6/h3-6,10,12-13H,7-9H2,1-2H3;1,4-6H,2-3H2/t12-,13-;/m0./s1. The Balaban J connectivity index is 0.000000252. The molecule has 1 aliphatic heterocycles. The molecule has 0 amide bonds. The number of fused-ring (bicyclic) bond motifs is 1. The number of rotatable bonds is 3. The molecule has 1 aromatic carbocycles. The Morgan fingerprint density at radius 2 is 1.88 bits per heavy atom. The molecular formula is C26H27F2N5O. The molecule has 6 nitrogen and oxygen atoms in total. The molecule has 34 heavy (non-hydrogen) atoms. The van der Waals surface area contributed by atoms with Gasteiger partial charge in [0.05, 0.1) is 17.8 Å². The van der Waals surface area contributed by atoms with Crippen molar-refractivity contribution in [3.05, 3.63) is 71.9 Å². The predicted octanol–water partition coefficient (Wildman–Crippen LogP) is 5.78. The maximum Gasteiger partial charge on any atom is 0.163 e. The van der Waals surface area contributed by atoms with Crippen LogP contribution in [0.2, 0.25) is 0 Å². The fourth-order valence-electron chi connectivity index (χ4n) is 4.26. The molecule has 0 bridgehead atoms. The summed E-state index contributed by atoms with van der Waals surface area (Å²) in [7, 11) is 0. The smallest absolute Gasteiger partial charge is 0.163 e. The number of nitrogens with zero attached hydrogens (tertiary/aromatic N) is 5. The lowest BCUT2D eigenvalue weighted by molar-refractivity contribution is 0.0173.